The molecule has 0 unspecified atom stereocenters. The molecule has 0 amide bonds. The Kier molecular flexibility index (Phi) is 12.7. The summed E-state index contributed by atoms with van der Waals surface area (Å²) in [4.78, 5) is 47.6. The maximum absolute atomic E-state index is 12.9. The van der Waals surface area contributed by atoms with Crippen LogP contribution >= 0.6 is 0 Å². The van der Waals surface area contributed by atoms with Gasteiger partial charge in [-0.25, -0.2) is 14.4 Å². The van der Waals surface area contributed by atoms with E-state index in [0.29, 0.717) is 54.4 Å². The van der Waals surface area contributed by atoms with E-state index in [2.05, 4.69) is 13.2 Å². The van der Waals surface area contributed by atoms with E-state index in [1.807, 2.05) is 6.92 Å². The lowest BCUT2D eigenvalue weighted by Gasteiger charge is -2.10. The summed E-state index contributed by atoms with van der Waals surface area (Å²) >= 11 is 0. The van der Waals surface area contributed by atoms with Gasteiger partial charge >= 0.3 is 17.9 Å². The van der Waals surface area contributed by atoms with Crippen molar-refractivity contribution in [2.75, 3.05) is 26.4 Å². The van der Waals surface area contributed by atoms with Crippen LogP contribution in [-0.2, 0) is 25.5 Å². The molecule has 9 heteroatoms. The van der Waals surface area contributed by atoms with Gasteiger partial charge in [-0.15, -0.1) is 0 Å². The van der Waals surface area contributed by atoms with Crippen LogP contribution in [0.15, 0.2) is 92.0 Å². The van der Waals surface area contributed by atoms with Gasteiger partial charge in [0, 0.05) is 37.0 Å². The van der Waals surface area contributed by atoms with Crippen molar-refractivity contribution in [3.05, 3.63) is 114 Å². The van der Waals surface area contributed by atoms with Gasteiger partial charge in [0.2, 0.25) is 0 Å². The molecule has 43 heavy (non-hydrogen) atoms. The third-order valence-corrected chi connectivity index (χ3v) is 6.08. The molecular formula is C34H34O9. The van der Waals surface area contributed by atoms with Gasteiger partial charge in [-0.3, -0.25) is 4.79 Å². The molecule has 0 fully saturated rings. The molecule has 0 saturated carbocycles. The second-order valence-electron chi connectivity index (χ2n) is 9.27. The molecule has 0 spiro atoms. The van der Waals surface area contributed by atoms with E-state index in [1.54, 1.807) is 66.7 Å². The van der Waals surface area contributed by atoms with E-state index < -0.39 is 17.9 Å². The van der Waals surface area contributed by atoms with Crippen molar-refractivity contribution in [1.82, 2.24) is 0 Å². The topological polar surface area (TPSA) is 114 Å². The van der Waals surface area contributed by atoms with Gasteiger partial charge in [0.15, 0.2) is 5.78 Å². The molecule has 0 aliphatic carbocycles. The highest BCUT2D eigenvalue weighted by Crippen LogP contribution is 2.22. The molecule has 0 aromatic heterocycles. The lowest BCUT2D eigenvalue weighted by molar-refractivity contribution is -0.138. The highest BCUT2D eigenvalue weighted by molar-refractivity contribution is 5.97. The quantitative estimate of drug-likeness (QED) is 0.0652. The molecule has 0 saturated heterocycles. The van der Waals surface area contributed by atoms with Crippen LogP contribution in [0.5, 0.6) is 17.2 Å². The van der Waals surface area contributed by atoms with Crippen LogP contribution < -0.4 is 14.2 Å². The summed E-state index contributed by atoms with van der Waals surface area (Å²) in [6, 6.07) is 18.5. The summed E-state index contributed by atoms with van der Waals surface area (Å²) in [7, 11) is 0. The summed E-state index contributed by atoms with van der Waals surface area (Å²) in [6.45, 7) is 9.70. The molecule has 0 bridgehead atoms. The van der Waals surface area contributed by atoms with Gasteiger partial charge in [0.1, 0.15) is 17.2 Å². The summed E-state index contributed by atoms with van der Waals surface area (Å²) in [5, 5.41) is 0. The fourth-order valence-corrected chi connectivity index (χ4v) is 3.76. The Balaban J connectivity index is 1.45. The minimum absolute atomic E-state index is 0.0594. The van der Waals surface area contributed by atoms with Gasteiger partial charge in [0.25, 0.3) is 0 Å². The third kappa shape index (κ3) is 11.0. The number of aryl methyl sites for hydroxylation is 1. The van der Waals surface area contributed by atoms with Crippen molar-refractivity contribution in [3.63, 3.8) is 0 Å². The van der Waals surface area contributed by atoms with Crippen LogP contribution in [0.25, 0.3) is 0 Å². The molecule has 3 aromatic rings. The Bertz CT molecular complexity index is 1420. The Hall–Kier alpha value is -5.18. The first-order valence-corrected chi connectivity index (χ1v) is 13.7. The Labute approximate surface area is 250 Å². The van der Waals surface area contributed by atoms with Crippen molar-refractivity contribution >= 4 is 23.7 Å². The number of rotatable bonds is 17. The zero-order valence-corrected chi connectivity index (χ0v) is 24.0. The van der Waals surface area contributed by atoms with Crippen LogP contribution in [0, 0.1) is 6.92 Å². The number of hydrogen-bond acceptors (Lipinski definition) is 9. The zero-order chi connectivity index (χ0) is 31.0. The van der Waals surface area contributed by atoms with Gasteiger partial charge in [-0.05, 0) is 78.7 Å². The summed E-state index contributed by atoms with van der Waals surface area (Å²) in [5.41, 5.74) is 2.54. The standard InChI is InChI=1S/C34H34O9/c1-4-32(36)41-20-6-18-39-28-13-8-25(9-14-28)31(35)23-27-12-17-30(22-24(27)3)43-34(38)26-10-15-29(16-11-26)40-19-7-21-42-33(37)5-2/h4-5,8-17,22H,1-2,6-7,18-21,23H2,3H3. The first-order valence-electron chi connectivity index (χ1n) is 13.7. The van der Waals surface area contributed by atoms with Crippen molar-refractivity contribution < 1.29 is 42.9 Å². The molecule has 0 heterocycles. The summed E-state index contributed by atoms with van der Waals surface area (Å²) in [6.07, 6.45) is 3.45. The van der Waals surface area contributed by atoms with Crippen LogP contribution in [0.4, 0.5) is 0 Å². The average molecular weight is 587 g/mol. The summed E-state index contributed by atoms with van der Waals surface area (Å²) < 4.78 is 26.5. The van der Waals surface area contributed by atoms with E-state index in [9.17, 15) is 19.2 Å². The second-order valence-corrected chi connectivity index (χ2v) is 9.27. The first-order chi connectivity index (χ1) is 20.8. The Morgan fingerprint density at radius 2 is 1.14 bits per heavy atom. The molecule has 0 atom stereocenters. The maximum Gasteiger partial charge on any atom is 0.343 e. The number of benzene rings is 3. The first kappa shape index (κ1) is 32.3. The molecule has 0 N–H and O–H groups in total. The van der Waals surface area contributed by atoms with Crippen molar-refractivity contribution in [1.29, 1.82) is 0 Å². The third-order valence-electron chi connectivity index (χ3n) is 6.08. The normalized spacial score (nSPS) is 10.3. The summed E-state index contributed by atoms with van der Waals surface area (Å²) in [5.74, 6) is 0.0231. The van der Waals surface area contributed by atoms with Crippen molar-refractivity contribution in [3.8, 4) is 17.2 Å². The van der Waals surface area contributed by atoms with Gasteiger partial charge in [0.05, 0.1) is 32.0 Å². The van der Waals surface area contributed by atoms with Gasteiger partial charge in [-0.2, -0.15) is 0 Å². The molecule has 0 aliphatic heterocycles. The molecule has 0 radical (unpaired) electrons. The Morgan fingerprint density at radius 1 is 0.651 bits per heavy atom. The fraction of sp³-hybridized carbons (Fsp3) is 0.235. The number of hydrogen-bond donors (Lipinski definition) is 0. The fourth-order valence-electron chi connectivity index (χ4n) is 3.76. The van der Waals surface area contributed by atoms with E-state index >= 15 is 0 Å². The highest BCUT2D eigenvalue weighted by atomic mass is 16.5. The van der Waals surface area contributed by atoms with Crippen molar-refractivity contribution in [2.45, 2.75) is 26.2 Å². The predicted molar refractivity (Wildman–Crippen MR) is 160 cm³/mol. The number of Topliss-reactive ketones (excluding diaryl/α,β-unsaturated/α-hetero) is 1. The van der Waals surface area contributed by atoms with E-state index in [0.717, 1.165) is 23.3 Å². The second kappa shape index (κ2) is 16.9. The lowest BCUT2D eigenvalue weighted by Crippen LogP contribution is -2.10. The van der Waals surface area contributed by atoms with Crippen LogP contribution in [0.3, 0.4) is 0 Å². The van der Waals surface area contributed by atoms with Crippen LogP contribution in [0.1, 0.15) is 44.7 Å². The Morgan fingerprint density at radius 3 is 1.63 bits per heavy atom. The smallest absolute Gasteiger partial charge is 0.343 e. The molecule has 0 aliphatic rings. The van der Waals surface area contributed by atoms with Crippen LogP contribution in [0.2, 0.25) is 0 Å². The number of carbonyl (C=O) groups is 4. The molecular weight excluding hydrogens is 552 g/mol. The average Bonchev–Trinajstić information content (AvgIpc) is 3.02. The maximum atomic E-state index is 12.9. The molecule has 3 rings (SSSR count). The minimum atomic E-state index is -0.522. The number of ketones is 1. The van der Waals surface area contributed by atoms with Gasteiger partial charge < -0.3 is 23.7 Å². The van der Waals surface area contributed by atoms with Crippen LogP contribution in [-0.4, -0.2) is 50.1 Å². The molecule has 9 nitrogen and oxygen atoms in total. The lowest BCUT2D eigenvalue weighted by atomic mass is 9.99. The monoisotopic (exact) mass is 586 g/mol. The van der Waals surface area contributed by atoms with E-state index in [4.69, 9.17) is 23.7 Å². The van der Waals surface area contributed by atoms with Gasteiger partial charge in [-0.1, -0.05) is 19.2 Å². The number of ether oxygens (including phenoxy) is 5. The zero-order valence-electron chi connectivity index (χ0n) is 24.0. The molecule has 224 valence electrons. The SMILES string of the molecule is C=CC(=O)OCCCOc1ccc(C(=O)Cc2ccc(OC(=O)c3ccc(OCCCOC(=O)C=C)cc3)cc2C)cc1. The largest absolute Gasteiger partial charge is 0.493 e. The molecule has 3 aromatic carbocycles. The van der Waals surface area contributed by atoms with E-state index in [-0.39, 0.29) is 25.4 Å². The minimum Gasteiger partial charge on any atom is -0.493 e. The number of esters is 3. The number of carbonyl (C=O) groups excluding carboxylic acids is 4. The van der Waals surface area contributed by atoms with Crippen molar-refractivity contribution in [2.24, 2.45) is 0 Å². The predicted octanol–water partition coefficient (Wildman–Crippen LogP) is 5.64. The highest BCUT2D eigenvalue weighted by Gasteiger charge is 2.13. The van der Waals surface area contributed by atoms with E-state index in [1.165, 1.54) is 0 Å².